The second-order valence-corrected chi connectivity index (χ2v) is 7.62. The molecule has 0 atom stereocenters. The molecule has 0 aromatic heterocycles. The van der Waals surface area contributed by atoms with Crippen LogP contribution in [-0.4, -0.2) is 0 Å². The summed E-state index contributed by atoms with van der Waals surface area (Å²) in [5, 5.41) is 9.13. The SMILES string of the molecule is CC(C)(C)Cc1cc(C#N)cc(CC(C)(C)C)c1. The molecule has 0 saturated heterocycles. The predicted octanol–water partition coefficient (Wildman–Crippen LogP) is 4.74. The third kappa shape index (κ3) is 5.36. The molecular formula is C17H25N. The van der Waals surface area contributed by atoms with Crippen molar-refractivity contribution in [2.24, 2.45) is 10.8 Å². The van der Waals surface area contributed by atoms with E-state index in [0.29, 0.717) is 0 Å². The lowest BCUT2D eigenvalue weighted by Crippen LogP contribution is -2.12. The molecule has 0 unspecified atom stereocenters. The summed E-state index contributed by atoms with van der Waals surface area (Å²) in [5.41, 5.74) is 3.86. The average Bonchev–Trinajstić information content (AvgIpc) is 2.11. The molecule has 1 aromatic rings. The van der Waals surface area contributed by atoms with E-state index in [1.54, 1.807) is 0 Å². The highest BCUT2D eigenvalue weighted by atomic mass is 14.3. The van der Waals surface area contributed by atoms with E-state index in [1.165, 1.54) is 11.1 Å². The molecule has 0 amide bonds. The molecule has 0 spiro atoms. The Morgan fingerprint density at radius 1 is 0.833 bits per heavy atom. The Balaban J connectivity index is 3.07. The predicted molar refractivity (Wildman–Crippen MR) is 77.5 cm³/mol. The molecule has 0 aliphatic rings. The van der Waals surface area contributed by atoms with Gasteiger partial charge in [0.15, 0.2) is 0 Å². The zero-order chi connectivity index (χ0) is 14.0. The standard InChI is InChI=1S/C17H25N/c1-16(2,3)10-13-7-14(11-17(4,5)6)9-15(8-13)12-18/h7-9H,10-11H2,1-6H3. The van der Waals surface area contributed by atoms with Gasteiger partial charge < -0.3 is 0 Å². The largest absolute Gasteiger partial charge is 0.192 e. The molecule has 1 nitrogen and oxygen atoms in total. The minimum absolute atomic E-state index is 0.257. The molecule has 0 heterocycles. The van der Waals surface area contributed by atoms with Gasteiger partial charge in [-0.25, -0.2) is 0 Å². The van der Waals surface area contributed by atoms with Crippen LogP contribution in [0.1, 0.15) is 58.2 Å². The van der Waals surface area contributed by atoms with E-state index in [2.05, 4.69) is 53.7 Å². The first-order valence-electron chi connectivity index (χ1n) is 6.62. The van der Waals surface area contributed by atoms with Gasteiger partial charge in [0.05, 0.1) is 11.6 Å². The Kier molecular flexibility index (Phi) is 4.22. The van der Waals surface area contributed by atoms with Gasteiger partial charge in [0, 0.05) is 0 Å². The van der Waals surface area contributed by atoms with Gasteiger partial charge in [-0.15, -0.1) is 0 Å². The number of nitriles is 1. The van der Waals surface area contributed by atoms with E-state index in [-0.39, 0.29) is 10.8 Å². The number of hydrogen-bond donors (Lipinski definition) is 0. The minimum Gasteiger partial charge on any atom is -0.192 e. The molecular weight excluding hydrogens is 218 g/mol. The van der Waals surface area contributed by atoms with Gasteiger partial charge in [0.2, 0.25) is 0 Å². The van der Waals surface area contributed by atoms with Crippen molar-refractivity contribution in [3.05, 3.63) is 34.9 Å². The highest BCUT2D eigenvalue weighted by Crippen LogP contribution is 2.25. The fourth-order valence-electron chi connectivity index (χ4n) is 2.26. The maximum absolute atomic E-state index is 9.13. The highest BCUT2D eigenvalue weighted by Gasteiger charge is 2.15. The number of benzene rings is 1. The van der Waals surface area contributed by atoms with E-state index >= 15 is 0 Å². The van der Waals surface area contributed by atoms with Crippen molar-refractivity contribution in [3.63, 3.8) is 0 Å². The maximum atomic E-state index is 9.13. The van der Waals surface area contributed by atoms with Gasteiger partial charge in [-0.05, 0) is 46.9 Å². The lowest BCUT2D eigenvalue weighted by Gasteiger charge is -2.21. The third-order valence-corrected chi connectivity index (χ3v) is 2.65. The molecule has 0 aliphatic heterocycles. The van der Waals surface area contributed by atoms with E-state index < -0.39 is 0 Å². The van der Waals surface area contributed by atoms with Crippen LogP contribution in [0.2, 0.25) is 0 Å². The molecule has 98 valence electrons. The Bertz CT molecular complexity index is 416. The summed E-state index contributed by atoms with van der Waals surface area (Å²) in [6, 6.07) is 8.59. The van der Waals surface area contributed by atoms with Crippen LogP contribution >= 0.6 is 0 Å². The summed E-state index contributed by atoms with van der Waals surface area (Å²) >= 11 is 0. The second-order valence-electron chi connectivity index (χ2n) is 7.62. The normalized spacial score (nSPS) is 12.3. The number of hydrogen-bond acceptors (Lipinski definition) is 1. The summed E-state index contributed by atoms with van der Waals surface area (Å²) in [4.78, 5) is 0. The first kappa shape index (κ1) is 14.8. The average molecular weight is 243 g/mol. The molecule has 1 heteroatoms. The Hall–Kier alpha value is -1.29. The molecule has 0 radical (unpaired) electrons. The van der Waals surface area contributed by atoms with Crippen LogP contribution < -0.4 is 0 Å². The highest BCUT2D eigenvalue weighted by molar-refractivity contribution is 5.38. The number of nitrogens with zero attached hydrogens (tertiary/aromatic N) is 1. The fourth-order valence-corrected chi connectivity index (χ4v) is 2.26. The van der Waals surface area contributed by atoms with Crippen molar-refractivity contribution in [3.8, 4) is 6.07 Å². The van der Waals surface area contributed by atoms with E-state index in [0.717, 1.165) is 18.4 Å². The second kappa shape index (κ2) is 5.14. The van der Waals surface area contributed by atoms with Crippen LogP contribution in [0.3, 0.4) is 0 Å². The van der Waals surface area contributed by atoms with Crippen molar-refractivity contribution in [1.82, 2.24) is 0 Å². The zero-order valence-corrected chi connectivity index (χ0v) is 12.6. The van der Waals surface area contributed by atoms with Gasteiger partial charge in [-0.1, -0.05) is 47.6 Å². The smallest absolute Gasteiger partial charge is 0.0991 e. The molecule has 1 aromatic carbocycles. The number of rotatable bonds is 2. The van der Waals surface area contributed by atoms with Gasteiger partial charge in [0.25, 0.3) is 0 Å². The Morgan fingerprint density at radius 2 is 1.22 bits per heavy atom. The van der Waals surface area contributed by atoms with Crippen LogP contribution in [0.25, 0.3) is 0 Å². The van der Waals surface area contributed by atoms with Crippen molar-refractivity contribution in [2.45, 2.75) is 54.4 Å². The van der Waals surface area contributed by atoms with E-state index in [4.69, 9.17) is 5.26 Å². The van der Waals surface area contributed by atoms with Crippen LogP contribution in [0.15, 0.2) is 18.2 Å². The van der Waals surface area contributed by atoms with Gasteiger partial charge in [-0.3, -0.25) is 0 Å². The zero-order valence-electron chi connectivity index (χ0n) is 12.6. The molecule has 18 heavy (non-hydrogen) atoms. The lowest BCUT2D eigenvalue weighted by molar-refractivity contribution is 0.405. The van der Waals surface area contributed by atoms with Crippen LogP contribution in [0.4, 0.5) is 0 Å². The minimum atomic E-state index is 0.257. The van der Waals surface area contributed by atoms with Crippen molar-refractivity contribution in [1.29, 1.82) is 5.26 Å². The summed E-state index contributed by atoms with van der Waals surface area (Å²) < 4.78 is 0. The van der Waals surface area contributed by atoms with Crippen molar-refractivity contribution in [2.75, 3.05) is 0 Å². The van der Waals surface area contributed by atoms with Gasteiger partial charge >= 0.3 is 0 Å². The van der Waals surface area contributed by atoms with Crippen LogP contribution in [-0.2, 0) is 12.8 Å². The van der Waals surface area contributed by atoms with Crippen molar-refractivity contribution >= 4 is 0 Å². The van der Waals surface area contributed by atoms with E-state index in [9.17, 15) is 0 Å². The molecule has 0 fully saturated rings. The molecule has 0 N–H and O–H groups in total. The molecule has 0 bridgehead atoms. The summed E-state index contributed by atoms with van der Waals surface area (Å²) in [7, 11) is 0. The third-order valence-electron chi connectivity index (χ3n) is 2.65. The fraction of sp³-hybridized carbons (Fsp3) is 0.588. The van der Waals surface area contributed by atoms with E-state index in [1.807, 2.05) is 12.1 Å². The molecule has 0 aliphatic carbocycles. The monoisotopic (exact) mass is 243 g/mol. The summed E-state index contributed by atoms with van der Waals surface area (Å²) in [6.07, 6.45) is 2.03. The summed E-state index contributed by atoms with van der Waals surface area (Å²) in [6.45, 7) is 13.4. The molecule has 0 saturated carbocycles. The molecule has 1 rings (SSSR count). The van der Waals surface area contributed by atoms with Crippen LogP contribution in [0, 0.1) is 22.2 Å². The maximum Gasteiger partial charge on any atom is 0.0991 e. The Morgan fingerprint density at radius 3 is 1.50 bits per heavy atom. The first-order valence-corrected chi connectivity index (χ1v) is 6.62. The van der Waals surface area contributed by atoms with Gasteiger partial charge in [-0.2, -0.15) is 5.26 Å². The topological polar surface area (TPSA) is 23.8 Å². The van der Waals surface area contributed by atoms with Crippen molar-refractivity contribution < 1.29 is 0 Å². The lowest BCUT2D eigenvalue weighted by atomic mass is 9.84. The van der Waals surface area contributed by atoms with Gasteiger partial charge in [0.1, 0.15) is 0 Å². The first-order chi connectivity index (χ1) is 8.09. The van der Waals surface area contributed by atoms with Crippen LogP contribution in [0.5, 0.6) is 0 Å². The quantitative estimate of drug-likeness (QED) is 0.736. The summed E-state index contributed by atoms with van der Waals surface area (Å²) in [5.74, 6) is 0. The Labute approximate surface area is 112 Å².